The van der Waals surface area contributed by atoms with Crippen LogP contribution in [0.25, 0.3) is 0 Å². The third-order valence-electron chi connectivity index (χ3n) is 4.80. The summed E-state index contributed by atoms with van der Waals surface area (Å²) in [6.07, 6.45) is 10.5. The van der Waals surface area contributed by atoms with Gasteiger partial charge in [-0.05, 0) is 31.6 Å². The van der Waals surface area contributed by atoms with E-state index in [4.69, 9.17) is 5.73 Å². The van der Waals surface area contributed by atoms with Crippen molar-refractivity contribution in [2.45, 2.75) is 76.3 Å². The Morgan fingerprint density at radius 1 is 1.21 bits per heavy atom. The summed E-state index contributed by atoms with van der Waals surface area (Å²) in [4.78, 5) is 12.2. The second-order valence-electron chi connectivity index (χ2n) is 6.62. The summed E-state index contributed by atoms with van der Waals surface area (Å²) >= 11 is 0. The first-order chi connectivity index (χ1) is 9.13. The van der Waals surface area contributed by atoms with Crippen LogP contribution in [0.2, 0.25) is 0 Å². The van der Waals surface area contributed by atoms with Crippen LogP contribution in [-0.4, -0.2) is 24.2 Å². The highest BCUT2D eigenvalue weighted by Crippen LogP contribution is 2.31. The largest absolute Gasteiger partial charge is 0.335 e. The molecule has 0 heterocycles. The highest BCUT2D eigenvalue weighted by Gasteiger charge is 2.35. The number of carbonyl (C=O) groups excluding carboxylic acids is 1. The molecule has 2 saturated carbocycles. The van der Waals surface area contributed by atoms with Gasteiger partial charge < -0.3 is 16.4 Å². The van der Waals surface area contributed by atoms with Crippen molar-refractivity contribution in [1.82, 2.24) is 10.6 Å². The quantitative estimate of drug-likeness (QED) is 0.735. The fourth-order valence-corrected chi connectivity index (χ4v) is 3.72. The van der Waals surface area contributed by atoms with E-state index in [2.05, 4.69) is 17.6 Å². The monoisotopic (exact) mass is 267 g/mol. The van der Waals surface area contributed by atoms with E-state index in [1.54, 1.807) is 0 Å². The van der Waals surface area contributed by atoms with Crippen molar-refractivity contribution >= 4 is 6.03 Å². The highest BCUT2D eigenvalue weighted by atomic mass is 16.2. The Balaban J connectivity index is 1.84. The number of hydrogen-bond acceptors (Lipinski definition) is 2. The lowest BCUT2D eigenvalue weighted by atomic mass is 9.76. The molecule has 0 aromatic rings. The molecule has 2 amide bonds. The summed E-state index contributed by atoms with van der Waals surface area (Å²) in [7, 11) is 0. The van der Waals surface area contributed by atoms with E-state index in [0.29, 0.717) is 18.5 Å². The Kier molecular flexibility index (Phi) is 5.08. The predicted octanol–water partition coefficient (Wildman–Crippen LogP) is 2.53. The number of amides is 2. The lowest BCUT2D eigenvalue weighted by molar-refractivity contribution is 0.180. The number of urea groups is 1. The zero-order chi connectivity index (χ0) is 13.7. The van der Waals surface area contributed by atoms with E-state index < -0.39 is 0 Å². The maximum Gasteiger partial charge on any atom is 0.315 e. The van der Waals surface area contributed by atoms with Crippen LogP contribution < -0.4 is 16.4 Å². The zero-order valence-electron chi connectivity index (χ0n) is 12.2. The molecule has 4 N–H and O–H groups in total. The van der Waals surface area contributed by atoms with Crippen molar-refractivity contribution in [3.63, 3.8) is 0 Å². The average molecular weight is 267 g/mol. The third kappa shape index (κ3) is 4.10. The van der Waals surface area contributed by atoms with Crippen LogP contribution in [0.3, 0.4) is 0 Å². The number of nitrogens with two attached hydrogens (primary N) is 1. The van der Waals surface area contributed by atoms with Crippen LogP contribution in [0.4, 0.5) is 4.79 Å². The molecule has 0 spiro atoms. The first-order valence-electron chi connectivity index (χ1n) is 7.92. The standard InChI is InChI=1S/C15H29N3O/c1-12-6-5-9-15(10-12,11-16)18-14(19)17-13-7-3-2-4-8-13/h12-13H,2-11,16H2,1H3,(H2,17,18,19). The van der Waals surface area contributed by atoms with E-state index >= 15 is 0 Å². The van der Waals surface area contributed by atoms with Gasteiger partial charge in [0.1, 0.15) is 0 Å². The molecule has 0 saturated heterocycles. The molecular weight excluding hydrogens is 238 g/mol. The Bertz CT molecular complexity index is 302. The van der Waals surface area contributed by atoms with E-state index in [-0.39, 0.29) is 11.6 Å². The first kappa shape index (κ1) is 14.6. The molecule has 2 fully saturated rings. The van der Waals surface area contributed by atoms with Gasteiger partial charge in [0.2, 0.25) is 0 Å². The molecule has 0 radical (unpaired) electrons. The third-order valence-corrected chi connectivity index (χ3v) is 4.80. The minimum absolute atomic E-state index is 0.00792. The molecule has 4 heteroatoms. The van der Waals surface area contributed by atoms with Crippen LogP contribution in [0.5, 0.6) is 0 Å². The number of nitrogens with one attached hydrogen (secondary N) is 2. The average Bonchev–Trinajstić information content (AvgIpc) is 2.39. The molecule has 0 aromatic heterocycles. The summed E-state index contributed by atoms with van der Waals surface area (Å²) in [5.41, 5.74) is 5.77. The SMILES string of the molecule is CC1CCCC(CN)(NC(=O)NC2CCCCC2)C1. The number of rotatable bonds is 3. The van der Waals surface area contributed by atoms with Crippen LogP contribution in [-0.2, 0) is 0 Å². The van der Waals surface area contributed by atoms with E-state index in [9.17, 15) is 4.79 Å². The normalized spacial score (nSPS) is 32.8. The van der Waals surface area contributed by atoms with Gasteiger partial charge in [-0.1, -0.05) is 39.0 Å². The molecule has 2 atom stereocenters. The van der Waals surface area contributed by atoms with E-state index in [1.165, 1.54) is 32.1 Å². The maximum absolute atomic E-state index is 12.2. The lowest BCUT2D eigenvalue weighted by Crippen LogP contribution is -2.59. The summed E-state index contributed by atoms with van der Waals surface area (Å²) in [5, 5.41) is 6.32. The van der Waals surface area contributed by atoms with Crippen LogP contribution >= 0.6 is 0 Å². The Morgan fingerprint density at radius 3 is 2.58 bits per heavy atom. The molecule has 2 rings (SSSR count). The van der Waals surface area contributed by atoms with E-state index in [1.807, 2.05) is 0 Å². The van der Waals surface area contributed by atoms with Gasteiger partial charge in [-0.25, -0.2) is 4.79 Å². The Hall–Kier alpha value is -0.770. The summed E-state index contributed by atoms with van der Waals surface area (Å²) < 4.78 is 0. The summed E-state index contributed by atoms with van der Waals surface area (Å²) in [5.74, 6) is 0.660. The Morgan fingerprint density at radius 2 is 1.95 bits per heavy atom. The van der Waals surface area contributed by atoms with Gasteiger partial charge >= 0.3 is 6.03 Å². The molecule has 0 bridgehead atoms. The second-order valence-corrected chi connectivity index (χ2v) is 6.62. The van der Waals surface area contributed by atoms with Crippen molar-refractivity contribution in [2.75, 3.05) is 6.54 Å². The topological polar surface area (TPSA) is 67.1 Å². The van der Waals surface area contributed by atoms with Crippen molar-refractivity contribution in [3.8, 4) is 0 Å². The van der Waals surface area contributed by atoms with Gasteiger partial charge in [-0.15, -0.1) is 0 Å². The second kappa shape index (κ2) is 6.60. The summed E-state index contributed by atoms with van der Waals surface area (Å²) in [6.45, 7) is 2.81. The first-order valence-corrected chi connectivity index (χ1v) is 7.92. The highest BCUT2D eigenvalue weighted by molar-refractivity contribution is 5.75. The van der Waals surface area contributed by atoms with Gasteiger partial charge in [0.15, 0.2) is 0 Å². The molecule has 2 unspecified atom stereocenters. The lowest BCUT2D eigenvalue weighted by Gasteiger charge is -2.40. The van der Waals surface area contributed by atoms with Crippen LogP contribution in [0.15, 0.2) is 0 Å². The fraction of sp³-hybridized carbons (Fsp3) is 0.933. The molecule has 2 aliphatic carbocycles. The van der Waals surface area contributed by atoms with Gasteiger partial charge in [-0.2, -0.15) is 0 Å². The molecule has 0 aromatic carbocycles. The number of carbonyl (C=O) groups is 1. The van der Waals surface area contributed by atoms with Crippen molar-refractivity contribution in [3.05, 3.63) is 0 Å². The van der Waals surface area contributed by atoms with Crippen LogP contribution in [0.1, 0.15) is 64.7 Å². The van der Waals surface area contributed by atoms with Gasteiger partial charge in [0, 0.05) is 12.6 Å². The van der Waals surface area contributed by atoms with Gasteiger partial charge in [0.25, 0.3) is 0 Å². The zero-order valence-corrected chi connectivity index (χ0v) is 12.2. The smallest absolute Gasteiger partial charge is 0.315 e. The van der Waals surface area contributed by atoms with Gasteiger partial charge in [0.05, 0.1) is 5.54 Å². The van der Waals surface area contributed by atoms with Crippen molar-refractivity contribution < 1.29 is 4.79 Å². The molecule has 2 aliphatic rings. The molecule has 19 heavy (non-hydrogen) atoms. The fourth-order valence-electron chi connectivity index (χ4n) is 3.72. The molecule has 0 aliphatic heterocycles. The minimum atomic E-state index is -0.170. The molecule has 110 valence electrons. The van der Waals surface area contributed by atoms with Crippen LogP contribution in [0, 0.1) is 5.92 Å². The minimum Gasteiger partial charge on any atom is -0.335 e. The predicted molar refractivity (Wildman–Crippen MR) is 78.0 cm³/mol. The molecule has 4 nitrogen and oxygen atoms in total. The van der Waals surface area contributed by atoms with E-state index in [0.717, 1.165) is 25.7 Å². The van der Waals surface area contributed by atoms with Crippen molar-refractivity contribution in [1.29, 1.82) is 0 Å². The van der Waals surface area contributed by atoms with Gasteiger partial charge in [-0.3, -0.25) is 0 Å². The van der Waals surface area contributed by atoms with Crippen molar-refractivity contribution in [2.24, 2.45) is 11.7 Å². The Labute approximate surface area is 116 Å². The maximum atomic E-state index is 12.2. The molecular formula is C15H29N3O. The summed E-state index contributed by atoms with van der Waals surface area (Å²) in [6, 6.07) is 0.357. The number of hydrogen-bond donors (Lipinski definition) is 3.